The van der Waals surface area contributed by atoms with Crippen LogP contribution in [-0.2, 0) is 4.79 Å². The number of anilines is 2. The average Bonchev–Trinajstić information content (AvgIpc) is 2.74. The molecular formula is C23H21FN2O4. The number of ether oxygens (including phenoxy) is 2. The van der Waals surface area contributed by atoms with E-state index in [4.69, 9.17) is 9.47 Å². The van der Waals surface area contributed by atoms with Gasteiger partial charge in [-0.3, -0.25) is 9.59 Å². The molecule has 0 spiro atoms. The maximum absolute atomic E-state index is 13.4. The Morgan fingerprint density at radius 1 is 0.900 bits per heavy atom. The van der Waals surface area contributed by atoms with E-state index in [-0.39, 0.29) is 24.2 Å². The molecule has 3 rings (SSSR count). The first-order chi connectivity index (χ1) is 14.5. The number of para-hydroxylation sites is 2. The van der Waals surface area contributed by atoms with Gasteiger partial charge in [0.15, 0.2) is 18.1 Å². The van der Waals surface area contributed by atoms with Crippen LogP contribution in [0.5, 0.6) is 11.5 Å². The Morgan fingerprint density at radius 3 is 2.30 bits per heavy atom. The molecule has 3 aromatic rings. The normalized spacial score (nSPS) is 10.2. The molecule has 3 aromatic carbocycles. The lowest BCUT2D eigenvalue weighted by Crippen LogP contribution is -2.20. The summed E-state index contributed by atoms with van der Waals surface area (Å²) in [7, 11) is 1.52. The predicted molar refractivity (Wildman–Crippen MR) is 113 cm³/mol. The summed E-state index contributed by atoms with van der Waals surface area (Å²) in [4.78, 5) is 24.6. The molecule has 0 unspecified atom stereocenters. The molecule has 0 aliphatic rings. The number of carbonyl (C=O) groups is 2. The summed E-state index contributed by atoms with van der Waals surface area (Å²) in [5.74, 6) is -0.108. The first kappa shape index (κ1) is 20.9. The highest BCUT2D eigenvalue weighted by Gasteiger charge is 2.10. The first-order valence-corrected chi connectivity index (χ1v) is 9.19. The third-order valence-corrected chi connectivity index (χ3v) is 4.25. The Bertz CT molecular complexity index is 1070. The second-order valence-corrected chi connectivity index (χ2v) is 6.49. The van der Waals surface area contributed by atoms with Gasteiger partial charge in [0.25, 0.3) is 11.8 Å². The number of benzene rings is 3. The highest BCUT2D eigenvalue weighted by atomic mass is 19.1. The second kappa shape index (κ2) is 9.56. The molecular weight excluding hydrogens is 387 g/mol. The highest BCUT2D eigenvalue weighted by molar-refractivity contribution is 6.04. The summed E-state index contributed by atoms with van der Waals surface area (Å²) in [5.41, 5.74) is 1.72. The monoisotopic (exact) mass is 408 g/mol. The molecule has 30 heavy (non-hydrogen) atoms. The van der Waals surface area contributed by atoms with Gasteiger partial charge in [0, 0.05) is 16.9 Å². The minimum absolute atomic E-state index is 0.203. The van der Waals surface area contributed by atoms with Gasteiger partial charge in [-0.05, 0) is 61.0 Å². The third-order valence-electron chi connectivity index (χ3n) is 4.25. The number of hydrogen-bond acceptors (Lipinski definition) is 4. The number of nitrogens with one attached hydrogen (secondary N) is 2. The fourth-order valence-electron chi connectivity index (χ4n) is 2.74. The Hall–Kier alpha value is -3.87. The maximum atomic E-state index is 13.4. The van der Waals surface area contributed by atoms with Crippen molar-refractivity contribution >= 4 is 23.2 Å². The fourth-order valence-corrected chi connectivity index (χ4v) is 2.74. The van der Waals surface area contributed by atoms with E-state index in [2.05, 4.69) is 10.6 Å². The van der Waals surface area contributed by atoms with Gasteiger partial charge in [0.2, 0.25) is 0 Å². The molecule has 2 amide bonds. The number of aryl methyl sites for hydroxylation is 1. The molecule has 0 atom stereocenters. The molecule has 0 aromatic heterocycles. The van der Waals surface area contributed by atoms with Crippen molar-refractivity contribution in [2.75, 3.05) is 24.4 Å². The maximum Gasteiger partial charge on any atom is 0.262 e. The molecule has 0 aliphatic heterocycles. The van der Waals surface area contributed by atoms with E-state index in [0.717, 1.165) is 0 Å². The molecule has 0 saturated carbocycles. The predicted octanol–water partition coefficient (Wildman–Crippen LogP) is 4.41. The van der Waals surface area contributed by atoms with E-state index in [1.165, 1.54) is 25.3 Å². The van der Waals surface area contributed by atoms with E-state index >= 15 is 0 Å². The summed E-state index contributed by atoms with van der Waals surface area (Å²) < 4.78 is 24.1. The van der Waals surface area contributed by atoms with Gasteiger partial charge in [0.05, 0.1) is 7.11 Å². The molecule has 0 bridgehead atoms. The van der Waals surface area contributed by atoms with Gasteiger partial charge in [-0.2, -0.15) is 0 Å². The molecule has 2 N–H and O–H groups in total. The van der Waals surface area contributed by atoms with Gasteiger partial charge in [-0.1, -0.05) is 18.2 Å². The number of halogens is 1. The van der Waals surface area contributed by atoms with E-state index < -0.39 is 0 Å². The molecule has 0 heterocycles. The van der Waals surface area contributed by atoms with Crippen molar-refractivity contribution in [3.05, 3.63) is 83.7 Å². The molecule has 0 saturated heterocycles. The van der Waals surface area contributed by atoms with Crippen molar-refractivity contribution in [3.8, 4) is 11.5 Å². The van der Waals surface area contributed by atoms with Crippen LogP contribution in [0.15, 0.2) is 66.7 Å². The Morgan fingerprint density at radius 2 is 1.60 bits per heavy atom. The third kappa shape index (κ3) is 5.35. The van der Waals surface area contributed by atoms with Crippen LogP contribution in [0.2, 0.25) is 0 Å². The van der Waals surface area contributed by atoms with Crippen molar-refractivity contribution in [2.24, 2.45) is 0 Å². The minimum atomic E-state index is -0.374. The summed E-state index contributed by atoms with van der Waals surface area (Å²) in [6.07, 6.45) is 0. The van der Waals surface area contributed by atoms with Crippen LogP contribution >= 0.6 is 0 Å². The molecule has 0 radical (unpaired) electrons. The van der Waals surface area contributed by atoms with Crippen LogP contribution in [0.1, 0.15) is 15.9 Å². The van der Waals surface area contributed by atoms with Crippen molar-refractivity contribution in [1.82, 2.24) is 0 Å². The van der Waals surface area contributed by atoms with E-state index in [0.29, 0.717) is 34.0 Å². The first-order valence-electron chi connectivity index (χ1n) is 9.19. The number of hydrogen-bond donors (Lipinski definition) is 2. The van der Waals surface area contributed by atoms with Crippen molar-refractivity contribution in [3.63, 3.8) is 0 Å². The van der Waals surface area contributed by atoms with Crippen LogP contribution in [0.4, 0.5) is 15.8 Å². The Kier molecular flexibility index (Phi) is 6.64. The van der Waals surface area contributed by atoms with Gasteiger partial charge in [-0.25, -0.2) is 4.39 Å². The van der Waals surface area contributed by atoms with E-state index in [1.54, 1.807) is 55.5 Å². The molecule has 7 heteroatoms. The standard InChI is InChI=1S/C23H21FN2O4/c1-15-12-16(10-11-19(15)24)23(28)26-18-7-5-6-17(13-18)25-22(27)14-30-21-9-4-3-8-20(21)29-2/h3-13H,14H2,1-2H3,(H,25,27)(H,26,28). The van der Waals surface area contributed by atoms with Crippen LogP contribution in [0.3, 0.4) is 0 Å². The summed E-state index contributed by atoms with van der Waals surface area (Å²) in [5, 5.41) is 5.44. The number of amides is 2. The average molecular weight is 408 g/mol. The molecule has 154 valence electrons. The topological polar surface area (TPSA) is 76.7 Å². The zero-order chi connectivity index (χ0) is 21.5. The second-order valence-electron chi connectivity index (χ2n) is 6.49. The largest absolute Gasteiger partial charge is 0.493 e. The Labute approximate surface area is 173 Å². The van der Waals surface area contributed by atoms with E-state index in [1.807, 2.05) is 0 Å². The zero-order valence-corrected chi connectivity index (χ0v) is 16.6. The van der Waals surface area contributed by atoms with Crippen LogP contribution in [-0.4, -0.2) is 25.5 Å². The number of carbonyl (C=O) groups excluding carboxylic acids is 2. The fraction of sp³-hybridized carbons (Fsp3) is 0.130. The van der Waals surface area contributed by atoms with Crippen molar-refractivity contribution in [2.45, 2.75) is 6.92 Å². The number of rotatable bonds is 7. The van der Waals surface area contributed by atoms with Crippen molar-refractivity contribution in [1.29, 1.82) is 0 Å². The SMILES string of the molecule is COc1ccccc1OCC(=O)Nc1cccc(NC(=O)c2ccc(F)c(C)c2)c1. The Balaban J connectivity index is 1.60. The zero-order valence-electron chi connectivity index (χ0n) is 16.6. The lowest BCUT2D eigenvalue weighted by Gasteiger charge is -2.11. The van der Waals surface area contributed by atoms with Gasteiger partial charge in [-0.15, -0.1) is 0 Å². The summed E-state index contributed by atoms with van der Waals surface area (Å²) in [6.45, 7) is 1.39. The lowest BCUT2D eigenvalue weighted by molar-refractivity contribution is -0.118. The van der Waals surface area contributed by atoms with Crippen LogP contribution in [0.25, 0.3) is 0 Å². The van der Waals surface area contributed by atoms with E-state index in [9.17, 15) is 14.0 Å². The quantitative estimate of drug-likeness (QED) is 0.607. The van der Waals surface area contributed by atoms with Crippen LogP contribution in [0, 0.1) is 12.7 Å². The molecule has 0 fully saturated rings. The smallest absolute Gasteiger partial charge is 0.262 e. The number of methoxy groups -OCH3 is 1. The molecule has 0 aliphatic carbocycles. The van der Waals surface area contributed by atoms with Crippen LogP contribution < -0.4 is 20.1 Å². The van der Waals surface area contributed by atoms with Gasteiger partial charge < -0.3 is 20.1 Å². The minimum Gasteiger partial charge on any atom is -0.493 e. The lowest BCUT2D eigenvalue weighted by atomic mass is 10.1. The van der Waals surface area contributed by atoms with Crippen molar-refractivity contribution < 1.29 is 23.5 Å². The summed E-state index contributed by atoms with van der Waals surface area (Å²) in [6, 6.07) is 17.9. The van der Waals surface area contributed by atoms with Gasteiger partial charge in [0.1, 0.15) is 5.82 Å². The van der Waals surface area contributed by atoms with Gasteiger partial charge >= 0.3 is 0 Å². The summed E-state index contributed by atoms with van der Waals surface area (Å²) >= 11 is 0. The molecule has 6 nitrogen and oxygen atoms in total. The highest BCUT2D eigenvalue weighted by Crippen LogP contribution is 2.25.